The van der Waals surface area contributed by atoms with Gasteiger partial charge in [0.05, 0.1) is 11.7 Å². The minimum Gasteiger partial charge on any atom is -0.335 e. The van der Waals surface area contributed by atoms with Crippen LogP contribution in [0.3, 0.4) is 0 Å². The number of aliphatic imine (C=N–C) groups is 1. The molecule has 0 saturated heterocycles. The summed E-state index contributed by atoms with van der Waals surface area (Å²) in [6, 6.07) is 0. The minimum absolute atomic E-state index is 0.751. The summed E-state index contributed by atoms with van der Waals surface area (Å²) < 4.78 is 2.10. The van der Waals surface area contributed by atoms with Gasteiger partial charge in [0, 0.05) is 18.9 Å². The Morgan fingerprint density at radius 1 is 1.75 bits per heavy atom. The number of aromatic nitrogens is 2. The molecule has 0 aromatic carbocycles. The fourth-order valence-corrected chi connectivity index (χ4v) is 1.10. The van der Waals surface area contributed by atoms with E-state index in [1.54, 1.807) is 6.20 Å². The standard InChI is InChI=1S/C8H11N3S/c1-8-10-4-6-11(8)5-2-3-9-7-12/h4,6H,2-3,5H2,1H3. The summed E-state index contributed by atoms with van der Waals surface area (Å²) in [7, 11) is 0. The Morgan fingerprint density at radius 2 is 2.58 bits per heavy atom. The van der Waals surface area contributed by atoms with Crippen molar-refractivity contribution in [1.29, 1.82) is 0 Å². The van der Waals surface area contributed by atoms with Crippen molar-refractivity contribution in [3.05, 3.63) is 18.2 Å². The fraction of sp³-hybridized carbons (Fsp3) is 0.500. The van der Waals surface area contributed by atoms with Gasteiger partial charge in [0.15, 0.2) is 0 Å². The Hall–Kier alpha value is -0.990. The molecule has 3 nitrogen and oxygen atoms in total. The zero-order valence-corrected chi connectivity index (χ0v) is 7.84. The smallest absolute Gasteiger partial charge is 0.105 e. The number of aryl methyl sites for hydroxylation is 2. The van der Waals surface area contributed by atoms with Crippen LogP contribution >= 0.6 is 12.2 Å². The summed E-state index contributed by atoms with van der Waals surface area (Å²) in [5.41, 5.74) is 0. The molecule has 0 atom stereocenters. The van der Waals surface area contributed by atoms with E-state index in [0.717, 1.165) is 25.3 Å². The van der Waals surface area contributed by atoms with Crippen molar-refractivity contribution >= 4 is 17.4 Å². The lowest BCUT2D eigenvalue weighted by Crippen LogP contribution is -2.00. The van der Waals surface area contributed by atoms with Crippen LogP contribution in [0.1, 0.15) is 12.2 Å². The lowest BCUT2D eigenvalue weighted by Gasteiger charge is -2.01. The van der Waals surface area contributed by atoms with Crippen LogP contribution in [0.15, 0.2) is 17.4 Å². The van der Waals surface area contributed by atoms with Gasteiger partial charge in [-0.05, 0) is 25.6 Å². The molecular formula is C8H11N3S. The van der Waals surface area contributed by atoms with E-state index >= 15 is 0 Å². The van der Waals surface area contributed by atoms with Gasteiger partial charge in [0.2, 0.25) is 0 Å². The van der Waals surface area contributed by atoms with Crippen molar-refractivity contribution in [3.8, 4) is 0 Å². The third-order valence-electron chi connectivity index (χ3n) is 1.66. The first-order valence-corrected chi connectivity index (χ1v) is 4.27. The van der Waals surface area contributed by atoms with Gasteiger partial charge in [0.25, 0.3) is 0 Å². The van der Waals surface area contributed by atoms with Gasteiger partial charge < -0.3 is 4.57 Å². The highest BCUT2D eigenvalue weighted by Gasteiger charge is 1.94. The molecule has 0 aliphatic heterocycles. The van der Waals surface area contributed by atoms with Crippen molar-refractivity contribution in [2.24, 2.45) is 4.99 Å². The average Bonchev–Trinajstić information content (AvgIpc) is 2.46. The van der Waals surface area contributed by atoms with E-state index in [0.29, 0.717) is 0 Å². The van der Waals surface area contributed by atoms with Crippen LogP contribution in [-0.4, -0.2) is 21.3 Å². The van der Waals surface area contributed by atoms with E-state index in [1.807, 2.05) is 13.1 Å². The van der Waals surface area contributed by atoms with Crippen LogP contribution in [0.5, 0.6) is 0 Å². The number of imidazole rings is 1. The van der Waals surface area contributed by atoms with Crippen molar-refractivity contribution in [2.75, 3.05) is 6.54 Å². The molecule has 1 aromatic heterocycles. The summed E-state index contributed by atoms with van der Waals surface area (Å²) in [5, 5.41) is 2.35. The van der Waals surface area contributed by atoms with Crippen molar-refractivity contribution in [1.82, 2.24) is 9.55 Å². The predicted octanol–water partition coefficient (Wildman–Crippen LogP) is 1.68. The predicted molar refractivity (Wildman–Crippen MR) is 51.5 cm³/mol. The van der Waals surface area contributed by atoms with Crippen molar-refractivity contribution in [3.63, 3.8) is 0 Å². The normalized spacial score (nSPS) is 9.42. The van der Waals surface area contributed by atoms with Gasteiger partial charge in [-0.1, -0.05) is 0 Å². The quantitative estimate of drug-likeness (QED) is 0.402. The van der Waals surface area contributed by atoms with Crippen LogP contribution in [0.25, 0.3) is 0 Å². The summed E-state index contributed by atoms with van der Waals surface area (Å²) in [5.74, 6) is 1.04. The Balaban J connectivity index is 2.33. The maximum absolute atomic E-state index is 4.46. The molecule has 64 valence electrons. The van der Waals surface area contributed by atoms with E-state index in [4.69, 9.17) is 0 Å². The highest BCUT2D eigenvalue weighted by molar-refractivity contribution is 7.78. The molecule has 12 heavy (non-hydrogen) atoms. The second-order valence-corrected chi connectivity index (χ2v) is 2.68. The molecule has 0 N–H and O–H groups in total. The number of hydrogen-bond acceptors (Lipinski definition) is 3. The van der Waals surface area contributed by atoms with E-state index in [-0.39, 0.29) is 0 Å². The maximum Gasteiger partial charge on any atom is 0.105 e. The third-order valence-corrected chi connectivity index (χ3v) is 1.79. The molecule has 0 aliphatic rings. The Kier molecular flexibility index (Phi) is 3.64. The lowest BCUT2D eigenvalue weighted by molar-refractivity contribution is 0.635. The molecule has 0 fully saturated rings. The number of rotatable bonds is 4. The highest BCUT2D eigenvalue weighted by Crippen LogP contribution is 1.96. The van der Waals surface area contributed by atoms with Gasteiger partial charge in [-0.3, -0.25) is 0 Å². The Bertz CT molecular complexity index is 286. The van der Waals surface area contributed by atoms with Crippen LogP contribution in [-0.2, 0) is 6.54 Å². The minimum atomic E-state index is 0.751. The second-order valence-electron chi connectivity index (χ2n) is 2.49. The Labute approximate surface area is 77.1 Å². The zero-order chi connectivity index (χ0) is 8.81. The molecule has 0 amide bonds. The molecule has 0 aliphatic carbocycles. The number of nitrogens with zero attached hydrogens (tertiary/aromatic N) is 3. The second kappa shape index (κ2) is 4.80. The molecule has 0 radical (unpaired) electrons. The highest BCUT2D eigenvalue weighted by atomic mass is 32.1. The topological polar surface area (TPSA) is 30.2 Å². The SMILES string of the molecule is Cc1nccn1CCCN=C=S. The Morgan fingerprint density at radius 3 is 3.17 bits per heavy atom. The third kappa shape index (κ3) is 2.57. The molecule has 1 heterocycles. The van der Waals surface area contributed by atoms with Gasteiger partial charge in [-0.2, -0.15) is 0 Å². The van der Waals surface area contributed by atoms with Crippen LogP contribution in [0, 0.1) is 6.92 Å². The molecule has 1 rings (SSSR count). The van der Waals surface area contributed by atoms with Gasteiger partial charge >= 0.3 is 0 Å². The first kappa shape index (κ1) is 9.10. The molecule has 0 saturated carbocycles. The monoisotopic (exact) mass is 181 g/mol. The van der Waals surface area contributed by atoms with Crippen LogP contribution < -0.4 is 0 Å². The average molecular weight is 181 g/mol. The van der Waals surface area contributed by atoms with E-state index in [9.17, 15) is 0 Å². The van der Waals surface area contributed by atoms with E-state index < -0.39 is 0 Å². The zero-order valence-electron chi connectivity index (χ0n) is 7.03. The first-order chi connectivity index (χ1) is 5.84. The molecule has 1 aromatic rings. The molecule has 0 bridgehead atoms. The lowest BCUT2D eigenvalue weighted by atomic mass is 10.4. The maximum atomic E-state index is 4.46. The van der Waals surface area contributed by atoms with Crippen LogP contribution in [0.2, 0.25) is 0 Å². The van der Waals surface area contributed by atoms with Gasteiger partial charge in [0.1, 0.15) is 5.82 Å². The van der Waals surface area contributed by atoms with E-state index in [2.05, 4.69) is 31.9 Å². The number of thiocarbonyl (C=S) groups is 1. The van der Waals surface area contributed by atoms with Crippen molar-refractivity contribution in [2.45, 2.75) is 19.9 Å². The largest absolute Gasteiger partial charge is 0.335 e. The molecule has 4 heteroatoms. The molecular weight excluding hydrogens is 170 g/mol. The summed E-state index contributed by atoms with van der Waals surface area (Å²) >= 11 is 4.46. The van der Waals surface area contributed by atoms with Gasteiger partial charge in [-0.15, -0.1) is 0 Å². The summed E-state index contributed by atoms with van der Waals surface area (Å²) in [4.78, 5) is 7.94. The van der Waals surface area contributed by atoms with Gasteiger partial charge in [-0.25, -0.2) is 9.98 Å². The summed E-state index contributed by atoms with van der Waals surface area (Å²) in [6.07, 6.45) is 4.76. The molecule has 0 spiro atoms. The van der Waals surface area contributed by atoms with E-state index in [1.165, 1.54) is 0 Å². The molecule has 0 unspecified atom stereocenters. The summed E-state index contributed by atoms with van der Waals surface area (Å²) in [6.45, 7) is 3.69. The number of isothiocyanates is 1. The van der Waals surface area contributed by atoms with Crippen LogP contribution in [0.4, 0.5) is 0 Å². The first-order valence-electron chi connectivity index (χ1n) is 3.86. The number of hydrogen-bond donors (Lipinski definition) is 0. The van der Waals surface area contributed by atoms with Crippen molar-refractivity contribution < 1.29 is 0 Å². The fourth-order valence-electron chi connectivity index (χ4n) is 1.01.